The van der Waals surface area contributed by atoms with Crippen LogP contribution in [0.15, 0.2) is 0 Å². The van der Waals surface area contributed by atoms with Crippen molar-refractivity contribution < 1.29 is 5.11 Å². The van der Waals surface area contributed by atoms with Gasteiger partial charge in [0.25, 0.3) is 0 Å². The topological polar surface area (TPSA) is 20.2 Å². The van der Waals surface area contributed by atoms with Gasteiger partial charge in [-0.05, 0) is 75.5 Å². The Morgan fingerprint density at radius 1 is 0.929 bits per heavy atom. The zero-order valence-electron chi connectivity index (χ0n) is 9.42. The molecule has 4 aliphatic rings. The van der Waals surface area contributed by atoms with E-state index in [1.54, 1.807) is 0 Å². The maximum absolute atomic E-state index is 10.4. The van der Waals surface area contributed by atoms with Gasteiger partial charge in [0.15, 0.2) is 0 Å². The predicted octanol–water partition coefficient (Wildman–Crippen LogP) is 2.97. The molecule has 0 unspecified atom stereocenters. The minimum Gasteiger partial charge on any atom is -0.390 e. The van der Waals surface area contributed by atoms with Crippen LogP contribution in [0.3, 0.4) is 0 Å². The molecule has 80 valence electrons. The molecule has 0 spiro atoms. The number of hydrogen-bond donors (Lipinski definition) is 1. The zero-order chi connectivity index (χ0) is 9.97. The summed E-state index contributed by atoms with van der Waals surface area (Å²) < 4.78 is 0. The first-order chi connectivity index (χ1) is 6.48. The molecule has 0 aromatic heterocycles. The molecule has 1 N–H and O–H groups in total. The van der Waals surface area contributed by atoms with Gasteiger partial charge in [-0.1, -0.05) is 0 Å². The Morgan fingerprint density at radius 2 is 1.29 bits per heavy atom. The highest BCUT2D eigenvalue weighted by Crippen LogP contribution is 2.63. The van der Waals surface area contributed by atoms with E-state index >= 15 is 0 Å². The normalized spacial score (nSPS) is 51.2. The molecule has 4 saturated carbocycles. The molecule has 0 aliphatic heterocycles. The summed E-state index contributed by atoms with van der Waals surface area (Å²) in [6, 6.07) is 0. The summed E-state index contributed by atoms with van der Waals surface area (Å²) in [5.74, 6) is 2.85. The largest absolute Gasteiger partial charge is 0.390 e. The lowest BCUT2D eigenvalue weighted by Gasteiger charge is -2.61. The van der Waals surface area contributed by atoms with Crippen LogP contribution in [0, 0.1) is 23.2 Å². The molecule has 4 fully saturated rings. The lowest BCUT2D eigenvalue weighted by molar-refractivity contribution is -0.162. The Balaban J connectivity index is 1.95. The lowest BCUT2D eigenvalue weighted by atomic mass is 9.46. The Kier molecular flexibility index (Phi) is 1.68. The quantitative estimate of drug-likeness (QED) is 0.680. The molecular weight excluding hydrogens is 172 g/mol. The molecule has 14 heavy (non-hydrogen) atoms. The van der Waals surface area contributed by atoms with Gasteiger partial charge in [-0.2, -0.15) is 0 Å². The highest BCUT2D eigenvalue weighted by atomic mass is 16.3. The van der Waals surface area contributed by atoms with Gasteiger partial charge in [0, 0.05) is 0 Å². The van der Waals surface area contributed by atoms with Crippen LogP contribution in [-0.4, -0.2) is 10.7 Å². The Hall–Kier alpha value is -0.0400. The molecule has 4 bridgehead atoms. The van der Waals surface area contributed by atoms with Crippen LogP contribution in [0.5, 0.6) is 0 Å². The summed E-state index contributed by atoms with van der Waals surface area (Å²) in [5.41, 5.74) is -0.148. The van der Waals surface area contributed by atoms with Crippen molar-refractivity contribution in [2.45, 2.75) is 58.0 Å². The van der Waals surface area contributed by atoms with Crippen LogP contribution in [0.1, 0.15) is 52.4 Å². The third-order valence-electron chi connectivity index (χ3n) is 5.34. The van der Waals surface area contributed by atoms with E-state index in [-0.39, 0.29) is 0 Å². The van der Waals surface area contributed by atoms with Crippen molar-refractivity contribution in [1.29, 1.82) is 0 Å². The van der Waals surface area contributed by atoms with E-state index in [9.17, 15) is 5.11 Å². The second-order valence-corrected chi connectivity index (χ2v) is 6.76. The molecule has 0 amide bonds. The Bertz CT molecular complexity index is 213. The predicted molar refractivity (Wildman–Crippen MR) is 56.9 cm³/mol. The van der Waals surface area contributed by atoms with Gasteiger partial charge in [0.2, 0.25) is 0 Å². The van der Waals surface area contributed by atoms with E-state index in [0.29, 0.717) is 5.41 Å². The highest BCUT2D eigenvalue weighted by Gasteiger charge is 2.56. The second kappa shape index (κ2) is 2.55. The van der Waals surface area contributed by atoms with E-state index in [1.165, 1.54) is 38.5 Å². The minimum absolute atomic E-state index is 0.293. The molecule has 1 nitrogen and oxygen atoms in total. The first-order valence-electron chi connectivity index (χ1n) is 6.21. The summed E-state index contributed by atoms with van der Waals surface area (Å²) in [4.78, 5) is 0. The van der Waals surface area contributed by atoms with Crippen LogP contribution in [0.2, 0.25) is 0 Å². The molecule has 0 atom stereocenters. The molecule has 4 aliphatic carbocycles. The molecule has 0 radical (unpaired) electrons. The third-order valence-corrected chi connectivity index (χ3v) is 5.34. The summed E-state index contributed by atoms with van der Waals surface area (Å²) in [5, 5.41) is 10.4. The molecule has 0 aromatic rings. The van der Waals surface area contributed by atoms with Crippen molar-refractivity contribution in [1.82, 2.24) is 0 Å². The number of hydrogen-bond acceptors (Lipinski definition) is 1. The average molecular weight is 194 g/mol. The van der Waals surface area contributed by atoms with Crippen molar-refractivity contribution in [3.8, 4) is 0 Å². The molecule has 0 heterocycles. The van der Waals surface area contributed by atoms with Gasteiger partial charge < -0.3 is 5.11 Å². The summed E-state index contributed by atoms with van der Waals surface area (Å²) >= 11 is 0. The van der Waals surface area contributed by atoms with Crippen LogP contribution in [0.25, 0.3) is 0 Å². The minimum atomic E-state index is -0.441. The lowest BCUT2D eigenvalue weighted by Crippen LogP contribution is -2.55. The van der Waals surface area contributed by atoms with Crippen molar-refractivity contribution >= 4 is 0 Å². The maximum Gasteiger partial charge on any atom is 0.0648 e. The molecule has 0 saturated heterocycles. The Morgan fingerprint density at radius 3 is 1.57 bits per heavy atom. The van der Waals surface area contributed by atoms with E-state index < -0.39 is 5.60 Å². The monoisotopic (exact) mass is 194 g/mol. The third kappa shape index (κ3) is 1.11. The highest BCUT2D eigenvalue weighted by molar-refractivity contribution is 5.07. The van der Waals surface area contributed by atoms with Gasteiger partial charge in [0.1, 0.15) is 0 Å². The fourth-order valence-electron chi connectivity index (χ4n) is 4.86. The van der Waals surface area contributed by atoms with Crippen LogP contribution >= 0.6 is 0 Å². The summed E-state index contributed by atoms with van der Waals surface area (Å²) in [6.07, 6.45) is 8.33. The molecule has 4 rings (SSSR count). The zero-order valence-corrected chi connectivity index (χ0v) is 9.42. The first kappa shape index (κ1) is 9.21. The fraction of sp³-hybridized carbons (Fsp3) is 1.00. The first-order valence-corrected chi connectivity index (χ1v) is 6.21. The number of aliphatic hydroxyl groups is 1. The van der Waals surface area contributed by atoms with E-state index in [0.717, 1.165) is 17.8 Å². The van der Waals surface area contributed by atoms with Crippen LogP contribution in [-0.2, 0) is 0 Å². The number of rotatable bonds is 1. The summed E-state index contributed by atoms with van der Waals surface area (Å²) in [6.45, 7) is 4.08. The van der Waals surface area contributed by atoms with Gasteiger partial charge in [0.05, 0.1) is 5.60 Å². The van der Waals surface area contributed by atoms with Gasteiger partial charge in [-0.25, -0.2) is 0 Å². The van der Waals surface area contributed by atoms with Crippen LogP contribution in [0.4, 0.5) is 0 Å². The molecule has 0 aromatic carbocycles. The molecule has 1 heteroatoms. The van der Waals surface area contributed by atoms with Crippen molar-refractivity contribution in [3.63, 3.8) is 0 Å². The average Bonchev–Trinajstić information content (AvgIpc) is 1.98. The van der Waals surface area contributed by atoms with E-state index in [2.05, 4.69) is 0 Å². The SMILES string of the molecule is CC(C)(O)C12CC3CC(CC(C3)C1)C2. The van der Waals surface area contributed by atoms with Crippen molar-refractivity contribution in [2.24, 2.45) is 23.2 Å². The standard InChI is InChI=1S/C13H22O/c1-12(2,14)13-6-9-3-10(7-13)5-11(4-9)8-13/h9-11,14H,3-8H2,1-2H3. The smallest absolute Gasteiger partial charge is 0.0648 e. The van der Waals surface area contributed by atoms with Gasteiger partial charge in [-0.15, -0.1) is 0 Å². The van der Waals surface area contributed by atoms with E-state index in [4.69, 9.17) is 0 Å². The Labute approximate surface area is 86.9 Å². The molecular formula is C13H22O. The van der Waals surface area contributed by atoms with Gasteiger partial charge >= 0.3 is 0 Å². The maximum atomic E-state index is 10.4. The van der Waals surface area contributed by atoms with Crippen molar-refractivity contribution in [3.05, 3.63) is 0 Å². The van der Waals surface area contributed by atoms with Gasteiger partial charge in [-0.3, -0.25) is 0 Å². The second-order valence-electron chi connectivity index (χ2n) is 6.76. The van der Waals surface area contributed by atoms with E-state index in [1.807, 2.05) is 13.8 Å². The van der Waals surface area contributed by atoms with Crippen molar-refractivity contribution in [2.75, 3.05) is 0 Å². The summed E-state index contributed by atoms with van der Waals surface area (Å²) in [7, 11) is 0. The fourth-order valence-corrected chi connectivity index (χ4v) is 4.86. The van der Waals surface area contributed by atoms with Crippen LogP contribution < -0.4 is 0 Å².